The Bertz CT molecular complexity index is 716. The van der Waals surface area contributed by atoms with Crippen LogP contribution in [0, 0.1) is 0 Å². The Hall–Kier alpha value is -3.08. The Morgan fingerprint density at radius 2 is 1.33 bits per heavy atom. The first-order chi connectivity index (χ1) is 10.2. The highest BCUT2D eigenvalue weighted by Crippen LogP contribution is 2.22. The fourth-order valence-electron chi connectivity index (χ4n) is 1.94. The van der Waals surface area contributed by atoms with Crippen molar-refractivity contribution in [3.63, 3.8) is 0 Å². The van der Waals surface area contributed by atoms with Gasteiger partial charge in [-0.2, -0.15) is 0 Å². The molecule has 3 aromatic heterocycles. The minimum Gasteiger partial charge on any atom is -0.545 e. The third-order valence-corrected chi connectivity index (χ3v) is 2.92. The molecule has 0 aromatic carbocycles. The molecule has 0 unspecified atom stereocenters. The lowest BCUT2D eigenvalue weighted by molar-refractivity contribution is -0.255. The monoisotopic (exact) mass is 276 g/mol. The number of carbonyl (C=O) groups excluding carboxylic acids is 1. The number of nitrogens with zero attached hydrogens (tertiary/aromatic N) is 3. The Morgan fingerprint density at radius 3 is 1.71 bits per heavy atom. The summed E-state index contributed by atoms with van der Waals surface area (Å²) in [6.07, 6.45) is 3.26. The van der Waals surface area contributed by atoms with E-state index in [0.717, 1.165) is 0 Å². The van der Waals surface area contributed by atoms with Gasteiger partial charge in [0.15, 0.2) is 0 Å². The number of carboxylic acid groups (broad SMARTS) is 1. The maximum atomic E-state index is 11.2. The molecule has 0 amide bonds. The van der Waals surface area contributed by atoms with Gasteiger partial charge in [0.2, 0.25) is 0 Å². The molecule has 0 radical (unpaired) electrons. The first-order valence-electron chi connectivity index (χ1n) is 6.30. The van der Waals surface area contributed by atoms with Gasteiger partial charge in [-0.3, -0.25) is 9.97 Å². The first kappa shape index (κ1) is 12.9. The van der Waals surface area contributed by atoms with Crippen LogP contribution in [0.3, 0.4) is 0 Å². The lowest BCUT2D eigenvalue weighted by Gasteiger charge is -2.09. The van der Waals surface area contributed by atoms with Crippen molar-refractivity contribution >= 4 is 5.97 Å². The van der Waals surface area contributed by atoms with Crippen LogP contribution < -0.4 is 5.11 Å². The van der Waals surface area contributed by atoms with Crippen molar-refractivity contribution in [3.05, 3.63) is 66.5 Å². The van der Waals surface area contributed by atoms with Gasteiger partial charge in [0.25, 0.3) is 0 Å². The summed E-state index contributed by atoms with van der Waals surface area (Å²) in [6, 6.07) is 13.6. The molecule has 3 heterocycles. The second-order valence-electron chi connectivity index (χ2n) is 4.34. The average molecular weight is 276 g/mol. The van der Waals surface area contributed by atoms with Gasteiger partial charge in [-0.05, 0) is 36.4 Å². The van der Waals surface area contributed by atoms with Crippen LogP contribution in [0.4, 0.5) is 0 Å². The molecule has 0 bridgehead atoms. The third kappa shape index (κ3) is 2.76. The van der Waals surface area contributed by atoms with Crippen molar-refractivity contribution < 1.29 is 9.90 Å². The van der Waals surface area contributed by atoms with E-state index in [2.05, 4.69) is 15.0 Å². The third-order valence-electron chi connectivity index (χ3n) is 2.92. The fourth-order valence-corrected chi connectivity index (χ4v) is 1.94. The molecule has 0 N–H and O–H groups in total. The fraction of sp³-hybridized carbons (Fsp3) is 0. The van der Waals surface area contributed by atoms with Crippen LogP contribution in [0.1, 0.15) is 10.4 Å². The van der Waals surface area contributed by atoms with E-state index in [1.54, 1.807) is 36.7 Å². The first-order valence-corrected chi connectivity index (χ1v) is 6.30. The predicted octanol–water partition coefficient (Wildman–Crippen LogP) is 1.57. The van der Waals surface area contributed by atoms with Gasteiger partial charge in [0.05, 0.1) is 28.7 Å². The molecule has 3 aromatic rings. The summed E-state index contributed by atoms with van der Waals surface area (Å²) >= 11 is 0. The zero-order valence-corrected chi connectivity index (χ0v) is 10.9. The van der Waals surface area contributed by atoms with Gasteiger partial charge in [0, 0.05) is 18.0 Å². The van der Waals surface area contributed by atoms with Crippen LogP contribution in [0.15, 0.2) is 60.9 Å². The number of carbonyl (C=O) groups is 1. The number of hydrogen-bond donors (Lipinski definition) is 0. The number of pyridine rings is 3. The molecule has 0 saturated heterocycles. The minimum atomic E-state index is -1.26. The summed E-state index contributed by atoms with van der Waals surface area (Å²) in [5.41, 5.74) is 2.18. The van der Waals surface area contributed by atoms with E-state index in [9.17, 15) is 9.90 Å². The minimum absolute atomic E-state index is 0.0475. The van der Waals surface area contributed by atoms with E-state index >= 15 is 0 Å². The molecule has 21 heavy (non-hydrogen) atoms. The molecule has 0 aliphatic carbocycles. The zero-order chi connectivity index (χ0) is 14.7. The maximum Gasteiger partial charge on any atom is 0.0900 e. The van der Waals surface area contributed by atoms with E-state index in [4.69, 9.17) is 0 Å². The van der Waals surface area contributed by atoms with Crippen molar-refractivity contribution in [2.24, 2.45) is 0 Å². The van der Waals surface area contributed by atoms with E-state index < -0.39 is 5.97 Å². The van der Waals surface area contributed by atoms with Crippen LogP contribution >= 0.6 is 0 Å². The summed E-state index contributed by atoms with van der Waals surface area (Å²) in [5.74, 6) is -1.26. The highest BCUT2D eigenvalue weighted by Gasteiger charge is 2.09. The lowest BCUT2D eigenvalue weighted by Crippen LogP contribution is -2.22. The number of rotatable bonds is 3. The number of aromatic nitrogens is 3. The number of carboxylic acids is 1. The predicted molar refractivity (Wildman–Crippen MR) is 75.0 cm³/mol. The maximum absolute atomic E-state index is 11.2. The summed E-state index contributed by atoms with van der Waals surface area (Å²) in [7, 11) is 0. The topological polar surface area (TPSA) is 78.8 Å². The summed E-state index contributed by atoms with van der Waals surface area (Å²) in [4.78, 5) is 24.0. The molecule has 5 nitrogen and oxygen atoms in total. The quantitative estimate of drug-likeness (QED) is 0.725. The molecule has 0 atom stereocenters. The van der Waals surface area contributed by atoms with E-state index in [1.165, 1.54) is 12.1 Å². The van der Waals surface area contributed by atoms with Gasteiger partial charge >= 0.3 is 0 Å². The molecule has 5 heteroatoms. The highest BCUT2D eigenvalue weighted by atomic mass is 16.4. The normalized spacial score (nSPS) is 10.3. The molecular weight excluding hydrogens is 266 g/mol. The molecule has 0 spiro atoms. The summed E-state index contributed by atoms with van der Waals surface area (Å²) in [5, 5.41) is 11.2. The van der Waals surface area contributed by atoms with Gasteiger partial charge in [-0.15, -0.1) is 0 Å². The lowest BCUT2D eigenvalue weighted by atomic mass is 10.1. The molecule has 0 fully saturated rings. The standard InChI is InChI=1S/C16H11N3O2/c20-16(21)11-9-14(12-5-1-3-7-17-12)19-15(10-11)13-6-2-4-8-18-13/h1-10H,(H,20,21)/p-1. The van der Waals surface area contributed by atoms with Gasteiger partial charge in [-0.25, -0.2) is 4.98 Å². The zero-order valence-electron chi connectivity index (χ0n) is 10.9. The second-order valence-corrected chi connectivity index (χ2v) is 4.34. The van der Waals surface area contributed by atoms with E-state index in [-0.39, 0.29) is 5.56 Å². The van der Waals surface area contributed by atoms with Crippen molar-refractivity contribution in [2.75, 3.05) is 0 Å². The Kier molecular flexibility index (Phi) is 3.39. The van der Waals surface area contributed by atoms with Crippen LogP contribution in [0.2, 0.25) is 0 Å². The van der Waals surface area contributed by atoms with Crippen LogP contribution in [0.25, 0.3) is 22.8 Å². The van der Waals surface area contributed by atoms with Crippen LogP contribution in [-0.4, -0.2) is 20.9 Å². The van der Waals surface area contributed by atoms with Crippen LogP contribution in [0.5, 0.6) is 0 Å². The summed E-state index contributed by atoms with van der Waals surface area (Å²) in [6.45, 7) is 0. The largest absolute Gasteiger partial charge is 0.545 e. The van der Waals surface area contributed by atoms with E-state index in [0.29, 0.717) is 22.8 Å². The van der Waals surface area contributed by atoms with E-state index in [1.807, 2.05) is 12.1 Å². The SMILES string of the molecule is O=C([O-])c1cc(-c2ccccn2)nc(-c2ccccn2)c1. The average Bonchev–Trinajstić information content (AvgIpc) is 2.56. The van der Waals surface area contributed by atoms with Gasteiger partial charge in [-0.1, -0.05) is 12.1 Å². The Morgan fingerprint density at radius 1 is 0.810 bits per heavy atom. The summed E-state index contributed by atoms with van der Waals surface area (Å²) < 4.78 is 0. The molecular formula is C16H10N3O2-. The Balaban J connectivity index is 2.18. The molecule has 0 aliphatic rings. The van der Waals surface area contributed by atoms with Crippen LogP contribution in [-0.2, 0) is 0 Å². The van der Waals surface area contributed by atoms with Crippen molar-refractivity contribution in [1.29, 1.82) is 0 Å². The van der Waals surface area contributed by atoms with Crippen molar-refractivity contribution in [1.82, 2.24) is 15.0 Å². The Labute approximate surface area is 121 Å². The smallest absolute Gasteiger partial charge is 0.0900 e. The molecule has 102 valence electrons. The van der Waals surface area contributed by atoms with Gasteiger partial charge in [0.1, 0.15) is 0 Å². The van der Waals surface area contributed by atoms with Crippen molar-refractivity contribution in [2.45, 2.75) is 0 Å². The van der Waals surface area contributed by atoms with Gasteiger partial charge < -0.3 is 9.90 Å². The molecule has 0 aliphatic heterocycles. The molecule has 3 rings (SSSR count). The highest BCUT2D eigenvalue weighted by molar-refractivity contribution is 5.88. The number of hydrogen-bond acceptors (Lipinski definition) is 5. The number of aromatic carboxylic acids is 1. The second kappa shape index (κ2) is 5.50. The van der Waals surface area contributed by atoms with Crippen molar-refractivity contribution in [3.8, 4) is 22.8 Å². The molecule has 0 saturated carbocycles.